The van der Waals surface area contributed by atoms with Crippen LogP contribution in [-0.4, -0.2) is 50.8 Å². The number of nitrogens with one attached hydrogen (secondary N) is 1. The Kier molecular flexibility index (Phi) is 6.77. The Bertz CT molecular complexity index is 739. The van der Waals surface area contributed by atoms with Crippen LogP contribution < -0.4 is 5.32 Å². The van der Waals surface area contributed by atoms with E-state index >= 15 is 0 Å². The molecule has 144 valence electrons. The Morgan fingerprint density at radius 2 is 1.77 bits per heavy atom. The number of rotatable bonds is 7. The summed E-state index contributed by atoms with van der Waals surface area (Å²) in [7, 11) is -2.23. The van der Waals surface area contributed by atoms with Gasteiger partial charge in [-0.1, -0.05) is 20.3 Å². The van der Waals surface area contributed by atoms with Gasteiger partial charge in [0.1, 0.15) is 6.04 Å². The number of carbonyl (C=O) groups is 2. The van der Waals surface area contributed by atoms with Gasteiger partial charge >= 0.3 is 5.97 Å². The molecule has 2 rings (SSSR count). The van der Waals surface area contributed by atoms with Crippen LogP contribution in [0, 0.1) is 5.92 Å². The molecule has 1 fully saturated rings. The molecule has 1 aliphatic rings. The molecule has 0 aromatic heterocycles. The fourth-order valence-corrected chi connectivity index (χ4v) is 4.39. The molecular weight excluding hydrogens is 356 g/mol. The number of nitrogens with zero attached hydrogens (tertiary/aromatic N) is 1. The number of benzene rings is 1. The van der Waals surface area contributed by atoms with Crippen LogP contribution in [0.1, 0.15) is 43.5 Å². The summed E-state index contributed by atoms with van der Waals surface area (Å²) in [6.07, 6.45) is 2.43. The number of carbonyl (C=O) groups excluding carboxylic acids is 2. The average molecular weight is 382 g/mol. The van der Waals surface area contributed by atoms with E-state index in [0.29, 0.717) is 25.1 Å². The summed E-state index contributed by atoms with van der Waals surface area (Å²) in [6.45, 7) is 4.83. The number of methoxy groups -OCH3 is 1. The Hall–Kier alpha value is -1.93. The third kappa shape index (κ3) is 4.42. The van der Waals surface area contributed by atoms with Crippen LogP contribution in [0.25, 0.3) is 0 Å². The Labute approximate surface area is 154 Å². The van der Waals surface area contributed by atoms with Crippen molar-refractivity contribution < 1.29 is 22.7 Å². The highest BCUT2D eigenvalue weighted by Gasteiger charge is 2.29. The first-order valence-electron chi connectivity index (χ1n) is 8.80. The smallest absolute Gasteiger partial charge is 0.328 e. The zero-order valence-corrected chi connectivity index (χ0v) is 16.2. The standard InChI is InChI=1S/C18H26N2O5S/c1-4-13(2)16(18(22)25-3)19-17(21)14-7-9-15(10-8-14)26(23,24)20-11-5-6-12-20/h7-10,13,16H,4-6,11-12H2,1-3H3,(H,19,21)/t13-,16-/m0/s1. The van der Waals surface area contributed by atoms with Gasteiger partial charge in [-0.15, -0.1) is 0 Å². The average Bonchev–Trinajstić information content (AvgIpc) is 3.20. The highest BCUT2D eigenvalue weighted by Crippen LogP contribution is 2.21. The first kappa shape index (κ1) is 20.4. The molecule has 1 aromatic rings. The maximum Gasteiger partial charge on any atom is 0.328 e. The fourth-order valence-electron chi connectivity index (χ4n) is 2.88. The summed E-state index contributed by atoms with van der Waals surface area (Å²) in [4.78, 5) is 24.5. The van der Waals surface area contributed by atoms with Gasteiger partial charge in [0.05, 0.1) is 12.0 Å². The highest BCUT2D eigenvalue weighted by molar-refractivity contribution is 7.89. The summed E-state index contributed by atoms with van der Waals surface area (Å²) in [5.74, 6) is -1.02. The first-order chi connectivity index (χ1) is 12.3. The molecule has 1 heterocycles. The van der Waals surface area contributed by atoms with Crippen molar-refractivity contribution in [3.63, 3.8) is 0 Å². The van der Waals surface area contributed by atoms with Gasteiger partial charge in [0, 0.05) is 18.7 Å². The molecule has 7 nitrogen and oxygen atoms in total. The van der Waals surface area contributed by atoms with Crippen LogP contribution in [0.2, 0.25) is 0 Å². The fraction of sp³-hybridized carbons (Fsp3) is 0.556. The van der Waals surface area contributed by atoms with E-state index in [1.54, 1.807) is 0 Å². The van der Waals surface area contributed by atoms with Crippen molar-refractivity contribution in [3.8, 4) is 0 Å². The molecule has 0 radical (unpaired) electrons. The van der Waals surface area contributed by atoms with Gasteiger partial charge in [-0.25, -0.2) is 13.2 Å². The molecular formula is C18H26N2O5S. The van der Waals surface area contributed by atoms with E-state index in [4.69, 9.17) is 4.74 Å². The zero-order chi connectivity index (χ0) is 19.3. The summed E-state index contributed by atoms with van der Waals surface area (Å²) < 4.78 is 31.2. The van der Waals surface area contributed by atoms with Crippen LogP contribution in [0.5, 0.6) is 0 Å². The van der Waals surface area contributed by atoms with Gasteiger partial charge < -0.3 is 10.1 Å². The number of esters is 1. The van der Waals surface area contributed by atoms with Crippen LogP contribution in [0.15, 0.2) is 29.2 Å². The number of sulfonamides is 1. The maximum atomic E-state index is 12.5. The van der Waals surface area contributed by atoms with E-state index in [2.05, 4.69) is 5.32 Å². The lowest BCUT2D eigenvalue weighted by Gasteiger charge is -2.22. The molecule has 0 aliphatic carbocycles. The SMILES string of the molecule is CC[C@H](C)[C@H](NC(=O)c1ccc(S(=O)(=O)N2CCCC2)cc1)C(=O)OC. The zero-order valence-electron chi connectivity index (χ0n) is 15.4. The molecule has 0 spiro atoms. The number of amides is 1. The second-order valence-electron chi connectivity index (χ2n) is 6.50. The van der Waals surface area contributed by atoms with Gasteiger partial charge in [0.15, 0.2) is 0 Å². The largest absolute Gasteiger partial charge is 0.467 e. The monoisotopic (exact) mass is 382 g/mol. The van der Waals surface area contributed by atoms with Gasteiger partial charge in [0.2, 0.25) is 10.0 Å². The maximum absolute atomic E-state index is 12.5. The lowest BCUT2D eigenvalue weighted by atomic mass is 9.99. The Balaban J connectivity index is 2.14. The molecule has 1 saturated heterocycles. The Morgan fingerprint density at radius 1 is 1.19 bits per heavy atom. The van der Waals surface area contributed by atoms with Crippen molar-refractivity contribution in [1.82, 2.24) is 9.62 Å². The molecule has 1 amide bonds. The Morgan fingerprint density at radius 3 is 2.27 bits per heavy atom. The van der Waals surface area contributed by atoms with Gasteiger partial charge in [-0.2, -0.15) is 4.31 Å². The van der Waals surface area contributed by atoms with E-state index in [1.807, 2.05) is 13.8 Å². The van der Waals surface area contributed by atoms with E-state index in [1.165, 1.54) is 35.7 Å². The summed E-state index contributed by atoms with van der Waals surface area (Å²) in [5, 5.41) is 2.67. The topological polar surface area (TPSA) is 92.8 Å². The van der Waals surface area contributed by atoms with Crippen molar-refractivity contribution in [1.29, 1.82) is 0 Å². The molecule has 1 N–H and O–H groups in total. The third-order valence-electron chi connectivity index (χ3n) is 4.77. The van der Waals surface area contributed by atoms with E-state index < -0.39 is 27.9 Å². The minimum atomic E-state index is -3.51. The molecule has 0 bridgehead atoms. The number of hydrogen-bond acceptors (Lipinski definition) is 5. The highest BCUT2D eigenvalue weighted by atomic mass is 32.2. The molecule has 1 aromatic carbocycles. The number of ether oxygens (including phenoxy) is 1. The molecule has 0 unspecified atom stereocenters. The molecule has 2 atom stereocenters. The molecule has 26 heavy (non-hydrogen) atoms. The lowest BCUT2D eigenvalue weighted by molar-refractivity contribution is -0.144. The van der Waals surface area contributed by atoms with Crippen LogP contribution in [0.4, 0.5) is 0 Å². The molecule has 8 heteroatoms. The van der Waals surface area contributed by atoms with E-state index in [-0.39, 0.29) is 10.8 Å². The summed E-state index contributed by atoms with van der Waals surface area (Å²) >= 11 is 0. The van der Waals surface area contributed by atoms with Crippen molar-refractivity contribution in [3.05, 3.63) is 29.8 Å². The van der Waals surface area contributed by atoms with Crippen LogP contribution in [0.3, 0.4) is 0 Å². The summed E-state index contributed by atoms with van der Waals surface area (Å²) in [5.41, 5.74) is 0.294. The quantitative estimate of drug-likeness (QED) is 0.726. The van der Waals surface area contributed by atoms with Crippen molar-refractivity contribution >= 4 is 21.9 Å². The summed E-state index contributed by atoms with van der Waals surface area (Å²) in [6, 6.07) is 5.04. The second kappa shape index (κ2) is 8.64. The van der Waals surface area contributed by atoms with Gasteiger partial charge in [-0.05, 0) is 43.0 Å². The van der Waals surface area contributed by atoms with E-state index in [9.17, 15) is 18.0 Å². The first-order valence-corrected chi connectivity index (χ1v) is 10.2. The van der Waals surface area contributed by atoms with Crippen molar-refractivity contribution in [2.75, 3.05) is 20.2 Å². The molecule has 1 aliphatic heterocycles. The third-order valence-corrected chi connectivity index (χ3v) is 6.69. The van der Waals surface area contributed by atoms with Crippen molar-refractivity contribution in [2.24, 2.45) is 5.92 Å². The second-order valence-corrected chi connectivity index (χ2v) is 8.43. The predicted octanol–water partition coefficient (Wildman–Crippen LogP) is 1.79. The normalized spacial score (nSPS) is 17.5. The lowest BCUT2D eigenvalue weighted by Crippen LogP contribution is -2.45. The minimum Gasteiger partial charge on any atom is -0.467 e. The van der Waals surface area contributed by atoms with E-state index in [0.717, 1.165) is 12.8 Å². The number of hydrogen-bond donors (Lipinski definition) is 1. The van der Waals surface area contributed by atoms with Crippen LogP contribution >= 0.6 is 0 Å². The van der Waals surface area contributed by atoms with Gasteiger partial charge in [0.25, 0.3) is 5.91 Å². The minimum absolute atomic E-state index is 0.0822. The molecule has 0 saturated carbocycles. The predicted molar refractivity (Wildman–Crippen MR) is 97.2 cm³/mol. The van der Waals surface area contributed by atoms with Crippen LogP contribution in [-0.2, 0) is 19.6 Å². The van der Waals surface area contributed by atoms with Gasteiger partial charge in [-0.3, -0.25) is 4.79 Å². The van der Waals surface area contributed by atoms with Crippen molar-refractivity contribution in [2.45, 2.75) is 44.0 Å².